The second kappa shape index (κ2) is 7.08. The molecule has 24 heavy (non-hydrogen) atoms. The molecule has 124 valence electrons. The fraction of sp³-hybridized carbons (Fsp3) is 0.235. The summed E-state index contributed by atoms with van der Waals surface area (Å²) < 4.78 is 16.3. The molecule has 7 heteroatoms. The van der Waals surface area contributed by atoms with Crippen molar-refractivity contribution in [1.82, 2.24) is 24.9 Å². The molecule has 3 aromatic rings. The highest BCUT2D eigenvalue weighted by atomic mass is 19.1. The molecule has 1 aromatic carbocycles. The van der Waals surface area contributed by atoms with E-state index in [4.69, 9.17) is 0 Å². The molecule has 2 aromatic heterocycles. The first-order valence-corrected chi connectivity index (χ1v) is 7.69. The minimum absolute atomic E-state index is 0.233. The molecular weight excluding hydrogens is 309 g/mol. The fourth-order valence-electron chi connectivity index (χ4n) is 2.33. The molecule has 1 amide bonds. The average Bonchev–Trinajstić information content (AvgIpc) is 3.25. The van der Waals surface area contributed by atoms with Gasteiger partial charge in [-0.05, 0) is 42.3 Å². The number of halogens is 1. The van der Waals surface area contributed by atoms with Gasteiger partial charge in [0.2, 0.25) is 0 Å². The normalized spacial score (nSPS) is 12.1. The standard InChI is InChI=1S/C17H18FN5O/c1-13(12-22-9-2-8-20-22)11-19-17(24)16-7-10-23(21-16)15-5-3-14(18)4-6-15/h2-10,13H,11-12H2,1H3,(H,19,24)/t13-/m0/s1. The van der Waals surface area contributed by atoms with E-state index in [1.807, 2.05) is 23.9 Å². The van der Waals surface area contributed by atoms with Gasteiger partial charge in [-0.1, -0.05) is 6.92 Å². The maximum absolute atomic E-state index is 12.9. The zero-order chi connectivity index (χ0) is 16.9. The Kier molecular flexibility index (Phi) is 4.69. The van der Waals surface area contributed by atoms with Crippen LogP contribution in [0, 0.1) is 11.7 Å². The molecule has 1 N–H and O–H groups in total. The molecule has 0 saturated heterocycles. The molecule has 0 saturated carbocycles. The van der Waals surface area contributed by atoms with Gasteiger partial charge in [0.25, 0.3) is 5.91 Å². The summed E-state index contributed by atoms with van der Waals surface area (Å²) in [4.78, 5) is 12.2. The van der Waals surface area contributed by atoms with Crippen LogP contribution < -0.4 is 5.32 Å². The predicted molar refractivity (Wildman–Crippen MR) is 87.2 cm³/mol. The van der Waals surface area contributed by atoms with Gasteiger partial charge in [-0.15, -0.1) is 0 Å². The van der Waals surface area contributed by atoms with Crippen molar-refractivity contribution in [2.75, 3.05) is 6.54 Å². The van der Waals surface area contributed by atoms with Gasteiger partial charge in [0.05, 0.1) is 5.69 Å². The SMILES string of the molecule is C[C@@H](CNC(=O)c1ccn(-c2ccc(F)cc2)n1)Cn1cccn1. The van der Waals surface area contributed by atoms with Crippen molar-refractivity contribution in [3.05, 3.63) is 66.5 Å². The summed E-state index contributed by atoms with van der Waals surface area (Å²) in [7, 11) is 0. The Morgan fingerprint density at radius 1 is 1.25 bits per heavy atom. The number of rotatable bonds is 6. The Hall–Kier alpha value is -2.96. The zero-order valence-electron chi connectivity index (χ0n) is 13.3. The molecule has 0 spiro atoms. The molecule has 0 radical (unpaired) electrons. The third-order valence-electron chi connectivity index (χ3n) is 3.58. The smallest absolute Gasteiger partial charge is 0.271 e. The van der Waals surface area contributed by atoms with Gasteiger partial charge < -0.3 is 5.32 Å². The highest BCUT2D eigenvalue weighted by Crippen LogP contribution is 2.09. The van der Waals surface area contributed by atoms with Crippen molar-refractivity contribution in [2.24, 2.45) is 5.92 Å². The summed E-state index contributed by atoms with van der Waals surface area (Å²) in [6.07, 6.45) is 5.30. The Bertz CT molecular complexity index is 795. The molecule has 0 aliphatic rings. The van der Waals surface area contributed by atoms with E-state index >= 15 is 0 Å². The van der Waals surface area contributed by atoms with E-state index in [0.29, 0.717) is 17.9 Å². The Balaban J connectivity index is 1.56. The molecule has 1 atom stereocenters. The van der Waals surface area contributed by atoms with Gasteiger partial charge in [-0.3, -0.25) is 9.48 Å². The van der Waals surface area contributed by atoms with E-state index in [1.165, 1.54) is 12.1 Å². The van der Waals surface area contributed by atoms with Gasteiger partial charge >= 0.3 is 0 Å². The lowest BCUT2D eigenvalue weighted by atomic mass is 10.2. The van der Waals surface area contributed by atoms with Gasteiger partial charge in [-0.25, -0.2) is 9.07 Å². The second-order valence-electron chi connectivity index (χ2n) is 5.67. The van der Waals surface area contributed by atoms with Crippen LogP contribution in [0.25, 0.3) is 5.69 Å². The Morgan fingerprint density at radius 2 is 2.04 bits per heavy atom. The Morgan fingerprint density at radius 3 is 2.75 bits per heavy atom. The van der Waals surface area contributed by atoms with E-state index in [1.54, 1.807) is 35.3 Å². The number of carbonyl (C=O) groups excluding carboxylic acids is 1. The number of aromatic nitrogens is 4. The number of nitrogens with zero attached hydrogens (tertiary/aromatic N) is 4. The molecule has 0 aliphatic carbocycles. The maximum Gasteiger partial charge on any atom is 0.271 e. The topological polar surface area (TPSA) is 64.7 Å². The molecule has 0 aliphatic heterocycles. The van der Waals surface area contributed by atoms with Gasteiger partial charge in [0.1, 0.15) is 5.82 Å². The minimum Gasteiger partial charge on any atom is -0.350 e. The molecule has 0 fully saturated rings. The number of hydrogen-bond acceptors (Lipinski definition) is 3. The van der Waals surface area contributed by atoms with E-state index < -0.39 is 0 Å². The minimum atomic E-state index is -0.310. The van der Waals surface area contributed by atoms with Crippen molar-refractivity contribution in [2.45, 2.75) is 13.5 Å². The van der Waals surface area contributed by atoms with Crippen LogP contribution in [0.1, 0.15) is 17.4 Å². The monoisotopic (exact) mass is 327 g/mol. The second-order valence-corrected chi connectivity index (χ2v) is 5.67. The largest absolute Gasteiger partial charge is 0.350 e. The fourth-order valence-corrected chi connectivity index (χ4v) is 2.33. The number of amides is 1. The van der Waals surface area contributed by atoms with Gasteiger partial charge in [-0.2, -0.15) is 10.2 Å². The summed E-state index contributed by atoms with van der Waals surface area (Å²) in [6, 6.07) is 9.43. The lowest BCUT2D eigenvalue weighted by Gasteiger charge is -2.12. The van der Waals surface area contributed by atoms with E-state index in [-0.39, 0.29) is 17.6 Å². The number of nitrogens with one attached hydrogen (secondary N) is 1. The van der Waals surface area contributed by atoms with Crippen LogP contribution in [0.15, 0.2) is 55.0 Å². The molecular formula is C17H18FN5O. The van der Waals surface area contributed by atoms with Crippen molar-refractivity contribution in [1.29, 1.82) is 0 Å². The first-order valence-electron chi connectivity index (χ1n) is 7.69. The van der Waals surface area contributed by atoms with Crippen LogP contribution in [0.3, 0.4) is 0 Å². The third-order valence-corrected chi connectivity index (χ3v) is 3.58. The summed E-state index contributed by atoms with van der Waals surface area (Å²) in [5.74, 6) is -0.300. The van der Waals surface area contributed by atoms with Crippen LogP contribution in [-0.2, 0) is 6.54 Å². The van der Waals surface area contributed by atoms with Crippen LogP contribution in [0.5, 0.6) is 0 Å². The molecule has 0 bridgehead atoms. The quantitative estimate of drug-likeness (QED) is 0.755. The van der Waals surface area contributed by atoms with Crippen LogP contribution in [0.2, 0.25) is 0 Å². The van der Waals surface area contributed by atoms with Crippen molar-refractivity contribution >= 4 is 5.91 Å². The summed E-state index contributed by atoms with van der Waals surface area (Å²) in [5, 5.41) is 11.2. The predicted octanol–water partition coefficient (Wildman–Crippen LogP) is 2.27. The highest BCUT2D eigenvalue weighted by Gasteiger charge is 2.12. The van der Waals surface area contributed by atoms with Crippen molar-refractivity contribution < 1.29 is 9.18 Å². The highest BCUT2D eigenvalue weighted by molar-refractivity contribution is 5.92. The van der Waals surface area contributed by atoms with Crippen LogP contribution in [0.4, 0.5) is 4.39 Å². The lowest BCUT2D eigenvalue weighted by Crippen LogP contribution is -2.30. The van der Waals surface area contributed by atoms with Crippen molar-refractivity contribution in [3.8, 4) is 5.69 Å². The van der Waals surface area contributed by atoms with Crippen LogP contribution >= 0.6 is 0 Å². The Labute approximate surface area is 138 Å². The first-order chi connectivity index (χ1) is 11.6. The number of carbonyl (C=O) groups is 1. The molecule has 2 heterocycles. The molecule has 6 nitrogen and oxygen atoms in total. The van der Waals surface area contributed by atoms with Crippen LogP contribution in [-0.4, -0.2) is 32.0 Å². The van der Waals surface area contributed by atoms with E-state index in [2.05, 4.69) is 15.5 Å². The first kappa shape index (κ1) is 15.9. The lowest BCUT2D eigenvalue weighted by molar-refractivity contribution is 0.0941. The van der Waals surface area contributed by atoms with E-state index in [9.17, 15) is 9.18 Å². The number of benzene rings is 1. The maximum atomic E-state index is 12.9. The summed E-state index contributed by atoms with van der Waals surface area (Å²) >= 11 is 0. The summed E-state index contributed by atoms with van der Waals surface area (Å²) in [5.41, 5.74) is 1.02. The summed E-state index contributed by atoms with van der Waals surface area (Å²) in [6.45, 7) is 3.30. The zero-order valence-corrected chi connectivity index (χ0v) is 13.3. The molecule has 3 rings (SSSR count). The third kappa shape index (κ3) is 3.87. The van der Waals surface area contributed by atoms with Crippen molar-refractivity contribution in [3.63, 3.8) is 0 Å². The number of hydrogen-bond donors (Lipinski definition) is 1. The van der Waals surface area contributed by atoms with Gasteiger partial charge in [0.15, 0.2) is 5.69 Å². The van der Waals surface area contributed by atoms with Gasteiger partial charge in [0, 0.05) is 31.7 Å². The average molecular weight is 327 g/mol. The van der Waals surface area contributed by atoms with E-state index in [0.717, 1.165) is 6.54 Å². The molecule has 0 unspecified atom stereocenters.